The molecule has 1 aromatic heterocycles. The average Bonchev–Trinajstić information content (AvgIpc) is 3.12. The number of phenolic OH excluding ortho intramolecular Hbond substituents is 1. The fourth-order valence-electron chi connectivity index (χ4n) is 2.71. The zero-order chi connectivity index (χ0) is 19.4. The van der Waals surface area contributed by atoms with E-state index in [0.717, 1.165) is 11.1 Å². The zero-order valence-electron chi connectivity index (χ0n) is 15.4. The molecule has 0 aliphatic carbocycles. The highest BCUT2D eigenvalue weighted by molar-refractivity contribution is 5.94. The second kappa shape index (κ2) is 7.90. The number of rotatable bonds is 6. The van der Waals surface area contributed by atoms with Gasteiger partial charge in [-0.25, -0.2) is 0 Å². The van der Waals surface area contributed by atoms with E-state index in [1.807, 2.05) is 19.1 Å². The van der Waals surface area contributed by atoms with E-state index in [0.29, 0.717) is 29.4 Å². The first-order chi connectivity index (χ1) is 13.0. The van der Waals surface area contributed by atoms with Crippen LogP contribution in [0.25, 0.3) is 11.1 Å². The van der Waals surface area contributed by atoms with E-state index in [-0.39, 0.29) is 17.7 Å². The van der Waals surface area contributed by atoms with Crippen LogP contribution in [0.3, 0.4) is 0 Å². The van der Waals surface area contributed by atoms with Gasteiger partial charge in [0.1, 0.15) is 6.04 Å². The van der Waals surface area contributed by atoms with Gasteiger partial charge in [0.2, 0.25) is 5.89 Å². The van der Waals surface area contributed by atoms with Crippen molar-refractivity contribution in [3.05, 3.63) is 59.7 Å². The van der Waals surface area contributed by atoms with Gasteiger partial charge in [-0.15, -0.1) is 0 Å². The third kappa shape index (κ3) is 4.08. The van der Waals surface area contributed by atoms with Crippen molar-refractivity contribution < 1.29 is 19.2 Å². The Balaban J connectivity index is 1.75. The molecule has 0 saturated carbocycles. The summed E-state index contributed by atoms with van der Waals surface area (Å²) >= 11 is 0. The van der Waals surface area contributed by atoms with Gasteiger partial charge in [0.15, 0.2) is 17.3 Å². The van der Waals surface area contributed by atoms with Crippen LogP contribution < -0.4 is 10.1 Å². The lowest BCUT2D eigenvalue weighted by Crippen LogP contribution is -2.28. The molecule has 3 aromatic rings. The highest BCUT2D eigenvalue weighted by Gasteiger charge is 2.19. The van der Waals surface area contributed by atoms with E-state index in [4.69, 9.17) is 9.26 Å². The Labute approximate surface area is 157 Å². The van der Waals surface area contributed by atoms with Crippen molar-refractivity contribution in [2.75, 3.05) is 7.11 Å². The zero-order valence-corrected chi connectivity index (χ0v) is 15.4. The molecule has 27 heavy (non-hydrogen) atoms. The predicted molar refractivity (Wildman–Crippen MR) is 99.6 cm³/mol. The molecule has 1 unspecified atom stereocenters. The maximum atomic E-state index is 12.5. The molecule has 7 nitrogen and oxygen atoms in total. The second-order valence-corrected chi connectivity index (χ2v) is 6.08. The predicted octanol–water partition coefficient (Wildman–Crippen LogP) is 3.64. The minimum absolute atomic E-state index is 0.0825. The molecule has 0 aliphatic rings. The Morgan fingerprint density at radius 2 is 1.93 bits per heavy atom. The van der Waals surface area contributed by atoms with Crippen LogP contribution in [0.2, 0.25) is 0 Å². The van der Waals surface area contributed by atoms with Crippen LogP contribution in [0, 0.1) is 6.92 Å². The third-order valence-corrected chi connectivity index (χ3v) is 4.22. The molecule has 1 heterocycles. The van der Waals surface area contributed by atoms with Crippen LogP contribution in [0.4, 0.5) is 0 Å². The quantitative estimate of drug-likeness (QED) is 0.690. The fraction of sp³-hybridized carbons (Fsp3) is 0.250. The summed E-state index contributed by atoms with van der Waals surface area (Å²) in [5.41, 5.74) is 2.31. The molecule has 1 atom stereocenters. The van der Waals surface area contributed by atoms with E-state index in [1.165, 1.54) is 7.11 Å². The highest BCUT2D eigenvalue weighted by Crippen LogP contribution is 2.31. The van der Waals surface area contributed by atoms with Gasteiger partial charge in [0.05, 0.1) is 7.11 Å². The van der Waals surface area contributed by atoms with E-state index in [9.17, 15) is 9.90 Å². The third-order valence-electron chi connectivity index (χ3n) is 4.22. The van der Waals surface area contributed by atoms with Gasteiger partial charge in [-0.3, -0.25) is 4.79 Å². The number of ether oxygens (including phenoxy) is 1. The Hall–Kier alpha value is -3.35. The first-order valence-corrected chi connectivity index (χ1v) is 8.60. The number of aromatic nitrogens is 2. The number of hydrogen-bond donors (Lipinski definition) is 2. The minimum atomic E-state index is -0.334. The van der Waals surface area contributed by atoms with Gasteiger partial charge >= 0.3 is 0 Å². The number of phenols is 1. The summed E-state index contributed by atoms with van der Waals surface area (Å²) in [6.07, 6.45) is 0.638. The van der Waals surface area contributed by atoms with Crippen LogP contribution in [-0.2, 0) is 0 Å². The van der Waals surface area contributed by atoms with E-state index < -0.39 is 0 Å². The van der Waals surface area contributed by atoms with Gasteiger partial charge in [-0.1, -0.05) is 30.3 Å². The van der Waals surface area contributed by atoms with E-state index in [1.54, 1.807) is 37.3 Å². The van der Waals surface area contributed by atoms with Crippen LogP contribution >= 0.6 is 0 Å². The molecule has 0 aliphatic heterocycles. The molecule has 0 spiro atoms. The SMILES string of the molecule is CCC(NC(=O)c1ccc(-c2ccc(O)c(OC)c2)cc1)c1nc(C)no1. The number of nitrogens with zero attached hydrogens (tertiary/aromatic N) is 2. The summed E-state index contributed by atoms with van der Waals surface area (Å²) in [6, 6.07) is 12.0. The summed E-state index contributed by atoms with van der Waals surface area (Å²) in [4.78, 5) is 16.7. The number of aromatic hydroxyl groups is 1. The Kier molecular flexibility index (Phi) is 5.40. The molecular weight excluding hydrogens is 346 g/mol. The number of aryl methyl sites for hydroxylation is 1. The highest BCUT2D eigenvalue weighted by atomic mass is 16.5. The van der Waals surface area contributed by atoms with Crippen molar-refractivity contribution in [3.8, 4) is 22.6 Å². The smallest absolute Gasteiger partial charge is 0.251 e. The summed E-state index contributed by atoms with van der Waals surface area (Å²) in [7, 11) is 1.50. The molecule has 3 rings (SSSR count). The number of benzene rings is 2. The molecule has 0 saturated heterocycles. The van der Waals surface area contributed by atoms with Crippen molar-refractivity contribution in [2.24, 2.45) is 0 Å². The molecule has 140 valence electrons. The Morgan fingerprint density at radius 1 is 1.22 bits per heavy atom. The molecule has 7 heteroatoms. The summed E-state index contributed by atoms with van der Waals surface area (Å²) < 4.78 is 10.3. The molecule has 2 N–H and O–H groups in total. The summed E-state index contributed by atoms with van der Waals surface area (Å²) in [5, 5.41) is 16.4. The number of nitrogens with one attached hydrogen (secondary N) is 1. The van der Waals surface area contributed by atoms with Crippen molar-refractivity contribution in [1.82, 2.24) is 15.5 Å². The van der Waals surface area contributed by atoms with Crippen molar-refractivity contribution in [2.45, 2.75) is 26.3 Å². The van der Waals surface area contributed by atoms with E-state index in [2.05, 4.69) is 15.5 Å². The van der Waals surface area contributed by atoms with Crippen LogP contribution in [-0.4, -0.2) is 28.3 Å². The lowest BCUT2D eigenvalue weighted by molar-refractivity contribution is 0.0927. The number of amides is 1. The Morgan fingerprint density at radius 3 is 2.52 bits per heavy atom. The van der Waals surface area contributed by atoms with Gasteiger partial charge in [0.25, 0.3) is 5.91 Å². The van der Waals surface area contributed by atoms with Crippen LogP contribution in [0.1, 0.15) is 41.5 Å². The molecule has 1 amide bonds. The second-order valence-electron chi connectivity index (χ2n) is 6.08. The maximum absolute atomic E-state index is 12.5. The summed E-state index contributed by atoms with van der Waals surface area (Å²) in [5.74, 6) is 1.20. The van der Waals surface area contributed by atoms with Gasteiger partial charge in [0, 0.05) is 5.56 Å². The fourth-order valence-corrected chi connectivity index (χ4v) is 2.71. The normalized spacial score (nSPS) is 11.8. The van der Waals surface area contributed by atoms with Gasteiger partial charge in [-0.05, 0) is 48.7 Å². The molecule has 2 aromatic carbocycles. The molecule has 0 radical (unpaired) electrons. The largest absolute Gasteiger partial charge is 0.504 e. The maximum Gasteiger partial charge on any atom is 0.251 e. The summed E-state index contributed by atoms with van der Waals surface area (Å²) in [6.45, 7) is 3.67. The number of carbonyl (C=O) groups is 1. The topological polar surface area (TPSA) is 97.5 Å². The number of carbonyl (C=O) groups excluding carboxylic acids is 1. The first kappa shape index (κ1) is 18.4. The average molecular weight is 367 g/mol. The van der Waals surface area contributed by atoms with Crippen LogP contribution in [0.15, 0.2) is 47.0 Å². The van der Waals surface area contributed by atoms with Crippen molar-refractivity contribution in [1.29, 1.82) is 0 Å². The lowest BCUT2D eigenvalue weighted by atomic mass is 10.0. The van der Waals surface area contributed by atoms with Crippen LogP contribution in [0.5, 0.6) is 11.5 Å². The molecular formula is C20H21N3O4. The Bertz CT molecular complexity index is 935. The first-order valence-electron chi connectivity index (χ1n) is 8.60. The monoisotopic (exact) mass is 367 g/mol. The van der Waals surface area contributed by atoms with Crippen molar-refractivity contribution >= 4 is 5.91 Å². The van der Waals surface area contributed by atoms with Gasteiger partial charge in [-0.2, -0.15) is 4.98 Å². The van der Waals surface area contributed by atoms with Crippen molar-refractivity contribution in [3.63, 3.8) is 0 Å². The molecule has 0 fully saturated rings. The van der Waals surface area contributed by atoms with E-state index >= 15 is 0 Å². The standard InChI is InChI=1S/C20H21N3O4/c1-4-16(20-21-12(2)23-27-20)22-19(25)14-7-5-13(6-8-14)15-9-10-17(24)18(11-15)26-3/h5-11,16,24H,4H2,1-3H3,(H,22,25). The number of methoxy groups -OCH3 is 1. The van der Waals surface area contributed by atoms with Gasteiger partial charge < -0.3 is 19.7 Å². The minimum Gasteiger partial charge on any atom is -0.504 e. The number of hydrogen-bond acceptors (Lipinski definition) is 6. The molecule has 0 bridgehead atoms. The lowest BCUT2D eigenvalue weighted by Gasteiger charge is -2.13.